The van der Waals surface area contributed by atoms with E-state index in [1.165, 1.54) is 0 Å². The van der Waals surface area contributed by atoms with Crippen molar-refractivity contribution in [2.24, 2.45) is 0 Å². The van der Waals surface area contributed by atoms with Crippen molar-refractivity contribution in [2.75, 3.05) is 13.1 Å². The van der Waals surface area contributed by atoms with E-state index in [9.17, 15) is 4.48 Å². The Morgan fingerprint density at radius 1 is 1.22 bits per heavy atom. The first-order valence-electron chi connectivity index (χ1n) is 2.87. The molecule has 1 heterocycles. The third-order valence-corrected chi connectivity index (χ3v) is 1.94. The summed E-state index contributed by atoms with van der Waals surface area (Å²) in [4.78, 5) is 0. The van der Waals surface area contributed by atoms with Gasteiger partial charge in [0, 0.05) is 13.1 Å². The summed E-state index contributed by atoms with van der Waals surface area (Å²) < 4.78 is 12.3. The smallest absolute Gasteiger partial charge is 0.0503 e. The van der Waals surface area contributed by atoms with Crippen LogP contribution in [-0.2, 0) is 0 Å². The second-order valence-electron chi connectivity index (χ2n) is 2.26. The molecule has 1 aliphatic heterocycles. The maximum Gasteiger partial charge on any atom is 0.0503 e. The van der Waals surface area contributed by atoms with Crippen molar-refractivity contribution in [3.05, 3.63) is 0 Å². The minimum Gasteiger partial charge on any atom is -0.143 e. The summed E-state index contributed by atoms with van der Waals surface area (Å²) in [7, 11) is 0. The van der Waals surface area contributed by atoms with Crippen molar-refractivity contribution < 1.29 is 4.48 Å². The molecule has 2 unspecified atom stereocenters. The van der Waals surface area contributed by atoms with Crippen LogP contribution in [0, 0.1) is 0 Å². The zero-order chi connectivity index (χ0) is 6.85. The monoisotopic (exact) mass is 171 g/mol. The second-order valence-corrected chi connectivity index (χ2v) is 3.49. The van der Waals surface area contributed by atoms with E-state index in [2.05, 4.69) is 0 Å². The second kappa shape index (κ2) is 3.04. The van der Waals surface area contributed by atoms with Gasteiger partial charge in [-0.3, -0.25) is 0 Å². The van der Waals surface area contributed by atoms with Crippen molar-refractivity contribution >= 4 is 23.2 Å². The van der Waals surface area contributed by atoms with Gasteiger partial charge in [-0.05, 0) is 6.42 Å². The molecular weight excluding hydrogens is 164 g/mol. The Kier molecular flexibility index (Phi) is 2.56. The van der Waals surface area contributed by atoms with Gasteiger partial charge in [0.25, 0.3) is 0 Å². The minimum atomic E-state index is -0.119. The van der Waals surface area contributed by atoms with Gasteiger partial charge in [-0.15, -0.1) is 32.8 Å². The predicted octanol–water partition coefficient (Wildman–Crippen LogP) is 1.79. The molecule has 0 N–H and O–H groups in total. The molecule has 1 fully saturated rings. The van der Waals surface area contributed by atoms with Gasteiger partial charge in [0.2, 0.25) is 0 Å². The van der Waals surface area contributed by atoms with Crippen molar-refractivity contribution in [3.63, 3.8) is 0 Å². The highest BCUT2D eigenvalue weighted by Gasteiger charge is 2.23. The molecule has 1 aliphatic rings. The van der Waals surface area contributed by atoms with E-state index in [-0.39, 0.29) is 10.8 Å². The molecule has 2 atom stereocenters. The molecule has 0 radical (unpaired) electrons. The predicted molar refractivity (Wildman–Crippen MR) is 36.6 cm³/mol. The van der Waals surface area contributed by atoms with Crippen molar-refractivity contribution in [1.29, 1.82) is 0 Å². The summed E-state index contributed by atoms with van der Waals surface area (Å²) in [5.41, 5.74) is 0. The highest BCUT2D eigenvalue weighted by molar-refractivity contribution is 6.24. The summed E-state index contributed by atoms with van der Waals surface area (Å²) in [6, 6.07) is 0. The van der Waals surface area contributed by atoms with Crippen LogP contribution in [0.2, 0.25) is 0 Å². The van der Waals surface area contributed by atoms with Crippen LogP contribution in [0.25, 0.3) is 0 Å². The third kappa shape index (κ3) is 2.28. The fourth-order valence-corrected chi connectivity index (χ4v) is 1.75. The maximum atomic E-state index is 12.3. The van der Waals surface area contributed by atoms with Crippen LogP contribution in [0.4, 0.5) is 4.48 Å². The summed E-state index contributed by atoms with van der Waals surface area (Å²) in [6.07, 6.45) is 0.712. The SMILES string of the molecule is FN1CC(Cl)CC(Cl)C1. The molecule has 0 aliphatic carbocycles. The van der Waals surface area contributed by atoms with Crippen molar-refractivity contribution in [2.45, 2.75) is 17.2 Å². The number of rotatable bonds is 0. The lowest BCUT2D eigenvalue weighted by Crippen LogP contribution is -2.36. The topological polar surface area (TPSA) is 3.24 Å². The molecule has 54 valence electrons. The van der Waals surface area contributed by atoms with E-state index in [1.54, 1.807) is 0 Å². The van der Waals surface area contributed by atoms with E-state index in [1.807, 2.05) is 0 Å². The number of halogens is 3. The van der Waals surface area contributed by atoms with Gasteiger partial charge in [0.1, 0.15) is 0 Å². The van der Waals surface area contributed by atoms with Gasteiger partial charge in [-0.2, -0.15) is 0 Å². The molecule has 1 saturated heterocycles. The Morgan fingerprint density at radius 2 is 1.67 bits per heavy atom. The molecule has 0 aromatic rings. The van der Waals surface area contributed by atoms with E-state index < -0.39 is 0 Å². The minimum absolute atomic E-state index is 0.119. The Balaban J connectivity index is 2.34. The first kappa shape index (κ1) is 7.58. The lowest BCUT2D eigenvalue weighted by molar-refractivity contribution is 0.00970. The number of piperidine rings is 1. The lowest BCUT2D eigenvalue weighted by atomic mass is 10.1. The number of hydrogen-bond acceptors (Lipinski definition) is 1. The molecule has 0 aromatic carbocycles. The van der Waals surface area contributed by atoms with Gasteiger partial charge in [-0.1, -0.05) is 0 Å². The van der Waals surface area contributed by atoms with Crippen molar-refractivity contribution in [3.8, 4) is 0 Å². The van der Waals surface area contributed by atoms with Crippen LogP contribution >= 0.6 is 23.2 Å². The molecule has 0 amide bonds. The van der Waals surface area contributed by atoms with Crippen LogP contribution in [0.3, 0.4) is 0 Å². The molecule has 0 bridgehead atoms. The van der Waals surface area contributed by atoms with Crippen LogP contribution in [0.5, 0.6) is 0 Å². The van der Waals surface area contributed by atoms with Gasteiger partial charge < -0.3 is 0 Å². The van der Waals surface area contributed by atoms with Gasteiger partial charge in [0.15, 0.2) is 0 Å². The van der Waals surface area contributed by atoms with E-state index in [4.69, 9.17) is 23.2 Å². The first-order valence-corrected chi connectivity index (χ1v) is 3.74. The van der Waals surface area contributed by atoms with Crippen LogP contribution in [0.1, 0.15) is 6.42 Å². The standard InChI is InChI=1S/C5H8Cl2FN/c6-4-1-5(7)3-9(8)2-4/h4-5H,1-3H2. The normalized spacial score (nSPS) is 39.0. The van der Waals surface area contributed by atoms with Crippen LogP contribution in [-0.4, -0.2) is 29.0 Å². The Hall–Kier alpha value is 0.470. The average Bonchev–Trinajstić information content (AvgIpc) is 1.59. The summed E-state index contributed by atoms with van der Waals surface area (Å²) >= 11 is 11.3. The Morgan fingerprint density at radius 3 is 2.00 bits per heavy atom. The number of hydrogen-bond donors (Lipinski definition) is 0. The van der Waals surface area contributed by atoms with Gasteiger partial charge in [-0.25, -0.2) is 0 Å². The molecule has 0 aromatic heterocycles. The van der Waals surface area contributed by atoms with Crippen LogP contribution in [0.15, 0.2) is 0 Å². The molecule has 0 saturated carbocycles. The Bertz CT molecular complexity index is 75.9. The van der Waals surface area contributed by atoms with E-state index in [0.717, 1.165) is 0 Å². The van der Waals surface area contributed by atoms with Crippen LogP contribution < -0.4 is 0 Å². The summed E-state index contributed by atoms with van der Waals surface area (Å²) in [6.45, 7) is 0.621. The fourth-order valence-electron chi connectivity index (χ4n) is 0.931. The Labute approximate surface area is 63.7 Å². The largest absolute Gasteiger partial charge is 0.143 e. The fraction of sp³-hybridized carbons (Fsp3) is 1.00. The molecule has 1 rings (SSSR count). The average molecular weight is 172 g/mol. The first-order chi connectivity index (χ1) is 4.18. The van der Waals surface area contributed by atoms with Gasteiger partial charge >= 0.3 is 0 Å². The van der Waals surface area contributed by atoms with E-state index >= 15 is 0 Å². The molecule has 1 nitrogen and oxygen atoms in total. The molecule has 0 spiro atoms. The number of nitrogens with zero attached hydrogens (tertiary/aromatic N) is 1. The molecule has 9 heavy (non-hydrogen) atoms. The highest BCUT2D eigenvalue weighted by atomic mass is 35.5. The maximum absolute atomic E-state index is 12.3. The molecule has 4 heteroatoms. The lowest BCUT2D eigenvalue weighted by Gasteiger charge is -2.25. The molecular formula is C5H8Cl2FN. The quantitative estimate of drug-likeness (QED) is 0.397. The van der Waals surface area contributed by atoms with Gasteiger partial charge in [0.05, 0.1) is 10.8 Å². The zero-order valence-electron chi connectivity index (χ0n) is 4.86. The third-order valence-electron chi connectivity index (χ3n) is 1.30. The van der Waals surface area contributed by atoms with E-state index in [0.29, 0.717) is 24.6 Å². The summed E-state index contributed by atoms with van der Waals surface area (Å²) in [5, 5.41) is 0.427. The summed E-state index contributed by atoms with van der Waals surface area (Å²) in [5.74, 6) is 0. The zero-order valence-corrected chi connectivity index (χ0v) is 6.37. The number of alkyl halides is 2. The highest BCUT2D eigenvalue weighted by Crippen LogP contribution is 2.19. The van der Waals surface area contributed by atoms with Crippen molar-refractivity contribution in [1.82, 2.24) is 5.12 Å².